The van der Waals surface area contributed by atoms with Gasteiger partial charge in [0.1, 0.15) is 6.04 Å². The number of carbonyl (C=O) groups is 3. The zero-order chi connectivity index (χ0) is 16.4. The van der Waals surface area contributed by atoms with Crippen LogP contribution in [0.5, 0.6) is 0 Å². The van der Waals surface area contributed by atoms with E-state index in [1.165, 1.54) is 0 Å². The monoisotopic (exact) mass is 301 g/mol. The van der Waals surface area contributed by atoms with E-state index < -0.39 is 18.0 Å². The minimum atomic E-state index is -1.06. The molecule has 4 N–H and O–H groups in total. The SMILES string of the molecule is CC(C)CNC(=O)CCNC(=O)N[C@H](CC(C)C)C(=O)O. The van der Waals surface area contributed by atoms with Gasteiger partial charge in [0.2, 0.25) is 5.91 Å². The van der Waals surface area contributed by atoms with E-state index in [0.717, 1.165) is 0 Å². The van der Waals surface area contributed by atoms with E-state index in [9.17, 15) is 14.4 Å². The van der Waals surface area contributed by atoms with Crippen LogP contribution in [0, 0.1) is 11.8 Å². The number of rotatable bonds is 9. The molecular weight excluding hydrogens is 274 g/mol. The minimum Gasteiger partial charge on any atom is -0.480 e. The average molecular weight is 301 g/mol. The van der Waals surface area contributed by atoms with Crippen molar-refractivity contribution < 1.29 is 19.5 Å². The predicted octanol–water partition coefficient (Wildman–Crippen LogP) is 0.947. The van der Waals surface area contributed by atoms with Crippen LogP contribution in [0.15, 0.2) is 0 Å². The Labute approximate surface area is 125 Å². The largest absolute Gasteiger partial charge is 0.480 e. The highest BCUT2D eigenvalue weighted by atomic mass is 16.4. The summed E-state index contributed by atoms with van der Waals surface area (Å²) < 4.78 is 0. The Bertz CT molecular complexity index is 356. The van der Waals surface area contributed by atoms with Gasteiger partial charge in [-0.2, -0.15) is 0 Å². The van der Waals surface area contributed by atoms with E-state index in [2.05, 4.69) is 16.0 Å². The summed E-state index contributed by atoms with van der Waals surface area (Å²) in [5.74, 6) is -0.666. The van der Waals surface area contributed by atoms with Crippen LogP contribution in [0.25, 0.3) is 0 Å². The summed E-state index contributed by atoms with van der Waals surface area (Å²) in [6, 6.07) is -1.49. The lowest BCUT2D eigenvalue weighted by molar-refractivity contribution is -0.139. The maximum absolute atomic E-state index is 11.6. The van der Waals surface area contributed by atoms with Gasteiger partial charge in [0.25, 0.3) is 0 Å². The topological polar surface area (TPSA) is 108 Å². The Kier molecular flexibility index (Phi) is 9.16. The van der Waals surface area contributed by atoms with E-state index in [1.54, 1.807) is 0 Å². The first-order valence-corrected chi connectivity index (χ1v) is 7.26. The molecule has 0 heterocycles. The number of hydrogen-bond acceptors (Lipinski definition) is 3. The molecule has 0 rings (SSSR count). The second-order valence-corrected chi connectivity index (χ2v) is 5.87. The first-order valence-electron chi connectivity index (χ1n) is 7.26. The van der Waals surface area contributed by atoms with Crippen molar-refractivity contribution in [2.24, 2.45) is 11.8 Å². The molecule has 0 saturated carbocycles. The van der Waals surface area contributed by atoms with E-state index >= 15 is 0 Å². The lowest BCUT2D eigenvalue weighted by atomic mass is 10.0. The summed E-state index contributed by atoms with van der Waals surface area (Å²) >= 11 is 0. The second kappa shape index (κ2) is 10.0. The molecule has 0 radical (unpaired) electrons. The molecule has 3 amide bonds. The maximum Gasteiger partial charge on any atom is 0.326 e. The van der Waals surface area contributed by atoms with Crippen molar-refractivity contribution in [3.63, 3.8) is 0 Å². The smallest absolute Gasteiger partial charge is 0.326 e. The summed E-state index contributed by atoms with van der Waals surface area (Å²) in [7, 11) is 0. The molecule has 0 unspecified atom stereocenters. The molecule has 7 nitrogen and oxygen atoms in total. The van der Waals surface area contributed by atoms with Gasteiger partial charge in [0, 0.05) is 19.5 Å². The standard InChI is InChI=1S/C14H27N3O4/c1-9(2)7-11(13(19)20)17-14(21)15-6-5-12(18)16-8-10(3)4/h9-11H,5-8H2,1-4H3,(H,16,18)(H,19,20)(H2,15,17,21)/t11-/m1/s1. The molecule has 0 aliphatic rings. The summed E-state index contributed by atoms with van der Waals surface area (Å²) in [5.41, 5.74) is 0. The molecule has 0 aliphatic carbocycles. The molecule has 0 bridgehead atoms. The van der Waals surface area contributed by atoms with Gasteiger partial charge in [0.15, 0.2) is 0 Å². The van der Waals surface area contributed by atoms with Crippen molar-refractivity contribution in [1.29, 1.82) is 0 Å². The summed E-state index contributed by atoms with van der Waals surface area (Å²) in [5, 5.41) is 16.6. The highest BCUT2D eigenvalue weighted by Gasteiger charge is 2.20. The van der Waals surface area contributed by atoms with Gasteiger partial charge in [-0.05, 0) is 18.3 Å². The fraction of sp³-hybridized carbons (Fsp3) is 0.786. The number of carboxylic acids is 1. The van der Waals surface area contributed by atoms with Crippen LogP contribution in [-0.4, -0.2) is 42.1 Å². The van der Waals surface area contributed by atoms with Crippen LogP contribution in [0.2, 0.25) is 0 Å². The molecule has 0 aromatic rings. The van der Waals surface area contributed by atoms with Gasteiger partial charge in [-0.25, -0.2) is 9.59 Å². The van der Waals surface area contributed by atoms with E-state index in [0.29, 0.717) is 18.9 Å². The van der Waals surface area contributed by atoms with Crippen LogP contribution in [-0.2, 0) is 9.59 Å². The molecule has 122 valence electrons. The van der Waals surface area contributed by atoms with Crippen molar-refractivity contribution in [3.05, 3.63) is 0 Å². The van der Waals surface area contributed by atoms with Crippen molar-refractivity contribution in [3.8, 4) is 0 Å². The zero-order valence-electron chi connectivity index (χ0n) is 13.2. The molecule has 0 aliphatic heterocycles. The highest BCUT2D eigenvalue weighted by Crippen LogP contribution is 2.04. The molecule has 0 saturated heterocycles. The third kappa shape index (κ3) is 10.6. The molecule has 1 atom stereocenters. The fourth-order valence-electron chi connectivity index (χ4n) is 1.60. The number of hydrogen-bond donors (Lipinski definition) is 4. The van der Waals surface area contributed by atoms with Gasteiger partial charge < -0.3 is 21.1 Å². The Morgan fingerprint density at radius 1 is 1.00 bits per heavy atom. The van der Waals surface area contributed by atoms with Crippen molar-refractivity contribution >= 4 is 17.9 Å². The van der Waals surface area contributed by atoms with Crippen LogP contribution < -0.4 is 16.0 Å². The van der Waals surface area contributed by atoms with Crippen molar-refractivity contribution in [2.75, 3.05) is 13.1 Å². The van der Waals surface area contributed by atoms with Crippen molar-refractivity contribution in [2.45, 2.75) is 46.6 Å². The average Bonchev–Trinajstić information content (AvgIpc) is 2.34. The zero-order valence-corrected chi connectivity index (χ0v) is 13.2. The first-order chi connectivity index (χ1) is 9.72. The Balaban J connectivity index is 3.97. The van der Waals surface area contributed by atoms with Crippen molar-refractivity contribution in [1.82, 2.24) is 16.0 Å². The Morgan fingerprint density at radius 3 is 2.10 bits per heavy atom. The minimum absolute atomic E-state index is 0.138. The van der Waals surface area contributed by atoms with Gasteiger partial charge in [0.05, 0.1) is 0 Å². The number of carbonyl (C=O) groups excluding carboxylic acids is 2. The Hall–Kier alpha value is -1.79. The normalized spacial score (nSPS) is 12.1. The van der Waals surface area contributed by atoms with Crippen LogP contribution in [0.4, 0.5) is 4.79 Å². The van der Waals surface area contributed by atoms with Crippen LogP contribution in [0.1, 0.15) is 40.5 Å². The number of aliphatic carboxylic acids is 1. The summed E-state index contributed by atoms with van der Waals surface area (Å²) in [6.45, 7) is 8.52. The molecule has 7 heteroatoms. The molecule has 0 aromatic carbocycles. The molecule has 21 heavy (non-hydrogen) atoms. The van der Waals surface area contributed by atoms with E-state index in [-0.39, 0.29) is 24.8 Å². The highest BCUT2D eigenvalue weighted by molar-refractivity contribution is 5.83. The van der Waals surface area contributed by atoms with Gasteiger partial charge in [-0.15, -0.1) is 0 Å². The van der Waals surface area contributed by atoms with Gasteiger partial charge in [-0.3, -0.25) is 4.79 Å². The third-order valence-corrected chi connectivity index (χ3v) is 2.66. The van der Waals surface area contributed by atoms with E-state index in [1.807, 2.05) is 27.7 Å². The molecular formula is C14H27N3O4. The lowest BCUT2D eigenvalue weighted by Gasteiger charge is -2.16. The number of amides is 3. The maximum atomic E-state index is 11.6. The summed E-state index contributed by atoms with van der Waals surface area (Å²) in [6.07, 6.45) is 0.527. The van der Waals surface area contributed by atoms with Crippen LogP contribution in [0.3, 0.4) is 0 Å². The van der Waals surface area contributed by atoms with Gasteiger partial charge >= 0.3 is 12.0 Å². The second-order valence-electron chi connectivity index (χ2n) is 5.87. The molecule has 0 fully saturated rings. The fourth-order valence-corrected chi connectivity index (χ4v) is 1.60. The third-order valence-electron chi connectivity index (χ3n) is 2.66. The number of urea groups is 1. The summed E-state index contributed by atoms with van der Waals surface area (Å²) in [4.78, 5) is 34.0. The quantitative estimate of drug-likeness (QED) is 0.508. The van der Waals surface area contributed by atoms with E-state index in [4.69, 9.17) is 5.11 Å². The first kappa shape index (κ1) is 19.2. The molecule has 0 spiro atoms. The lowest BCUT2D eigenvalue weighted by Crippen LogP contribution is -2.47. The number of carboxylic acid groups (broad SMARTS) is 1. The predicted molar refractivity (Wildman–Crippen MR) is 79.9 cm³/mol. The van der Waals surface area contributed by atoms with Crippen LogP contribution >= 0.6 is 0 Å². The number of nitrogens with one attached hydrogen (secondary N) is 3. The molecule has 0 aromatic heterocycles. The Morgan fingerprint density at radius 2 is 1.62 bits per heavy atom. The van der Waals surface area contributed by atoms with Gasteiger partial charge in [-0.1, -0.05) is 27.7 Å².